The van der Waals surface area contributed by atoms with E-state index in [0.717, 1.165) is 19.4 Å². The number of pyridine rings is 1. The van der Waals surface area contributed by atoms with E-state index < -0.39 is 0 Å². The summed E-state index contributed by atoms with van der Waals surface area (Å²) in [5, 5.41) is 3.55. The molecule has 0 bridgehead atoms. The van der Waals surface area contributed by atoms with Crippen LogP contribution in [0.2, 0.25) is 5.02 Å². The molecule has 0 aliphatic carbocycles. The first-order valence-electron chi connectivity index (χ1n) is 6.88. The Bertz CT molecular complexity index is 481. The predicted octanol–water partition coefficient (Wildman–Crippen LogP) is 2.42. The molecular weight excluding hydrogens is 278 g/mol. The Kier molecular flexibility index (Phi) is 5.20. The Labute approximate surface area is 124 Å². The van der Waals surface area contributed by atoms with E-state index in [1.165, 1.54) is 0 Å². The highest BCUT2D eigenvalue weighted by Crippen LogP contribution is 2.21. The standard InChI is InChI=1S/C14H20ClN3O2/c1-3-7-16-12-5-4-11(15)13(17-12)14(19)18-8-6-10(9-18)20-2/h4-5,10H,3,6-9H2,1-2H3,(H,16,17). The quantitative estimate of drug-likeness (QED) is 0.907. The summed E-state index contributed by atoms with van der Waals surface area (Å²) in [6, 6.07) is 3.50. The topological polar surface area (TPSA) is 54.5 Å². The number of halogens is 1. The normalized spacial score (nSPS) is 18.4. The second-order valence-electron chi connectivity index (χ2n) is 4.85. The number of nitrogens with one attached hydrogen (secondary N) is 1. The Hall–Kier alpha value is -1.33. The molecule has 0 saturated carbocycles. The molecule has 1 aromatic rings. The van der Waals surface area contributed by atoms with Crippen molar-refractivity contribution < 1.29 is 9.53 Å². The molecule has 0 aromatic carbocycles. The van der Waals surface area contributed by atoms with Crippen molar-refractivity contribution in [2.45, 2.75) is 25.9 Å². The molecular formula is C14H20ClN3O2. The molecule has 0 spiro atoms. The fraction of sp³-hybridized carbons (Fsp3) is 0.571. The third-order valence-corrected chi connectivity index (χ3v) is 3.68. The van der Waals surface area contributed by atoms with Crippen LogP contribution in [0.5, 0.6) is 0 Å². The van der Waals surface area contributed by atoms with Crippen molar-refractivity contribution in [2.75, 3.05) is 32.1 Å². The zero-order valence-corrected chi connectivity index (χ0v) is 12.6. The average molecular weight is 298 g/mol. The molecule has 5 nitrogen and oxygen atoms in total. The highest BCUT2D eigenvalue weighted by Gasteiger charge is 2.28. The lowest BCUT2D eigenvalue weighted by Crippen LogP contribution is -2.31. The number of carbonyl (C=O) groups is 1. The first kappa shape index (κ1) is 15.1. The molecule has 1 unspecified atom stereocenters. The van der Waals surface area contributed by atoms with Gasteiger partial charge in [-0.1, -0.05) is 18.5 Å². The molecule has 110 valence electrons. The lowest BCUT2D eigenvalue weighted by atomic mass is 10.3. The van der Waals surface area contributed by atoms with Crippen molar-refractivity contribution >= 4 is 23.3 Å². The molecule has 1 aliphatic heterocycles. The van der Waals surface area contributed by atoms with Crippen LogP contribution in [0.15, 0.2) is 12.1 Å². The van der Waals surface area contributed by atoms with E-state index in [1.54, 1.807) is 24.1 Å². The Morgan fingerprint density at radius 1 is 1.60 bits per heavy atom. The van der Waals surface area contributed by atoms with Gasteiger partial charge in [0.1, 0.15) is 11.5 Å². The average Bonchev–Trinajstić information content (AvgIpc) is 2.94. The summed E-state index contributed by atoms with van der Waals surface area (Å²) < 4.78 is 5.27. The molecule has 2 heterocycles. The molecule has 1 amide bonds. The van der Waals surface area contributed by atoms with Crippen LogP contribution < -0.4 is 5.32 Å². The summed E-state index contributed by atoms with van der Waals surface area (Å²) in [6.45, 7) is 4.17. The number of carbonyl (C=O) groups excluding carboxylic acids is 1. The Balaban J connectivity index is 2.12. The van der Waals surface area contributed by atoms with Gasteiger partial charge < -0.3 is 15.0 Å². The summed E-state index contributed by atoms with van der Waals surface area (Å²) in [5.41, 5.74) is 0.310. The minimum atomic E-state index is -0.130. The van der Waals surface area contributed by atoms with Crippen LogP contribution in [-0.4, -0.2) is 48.6 Å². The van der Waals surface area contributed by atoms with Crippen molar-refractivity contribution in [1.82, 2.24) is 9.88 Å². The smallest absolute Gasteiger partial charge is 0.274 e. The number of aromatic nitrogens is 1. The predicted molar refractivity (Wildman–Crippen MR) is 79.3 cm³/mol. The summed E-state index contributed by atoms with van der Waals surface area (Å²) in [6.07, 6.45) is 1.96. The zero-order chi connectivity index (χ0) is 14.5. The second kappa shape index (κ2) is 6.90. The molecule has 1 N–H and O–H groups in total. The van der Waals surface area contributed by atoms with Gasteiger partial charge in [-0.05, 0) is 25.0 Å². The maximum absolute atomic E-state index is 12.5. The maximum Gasteiger partial charge on any atom is 0.274 e. The molecule has 1 fully saturated rings. The van der Waals surface area contributed by atoms with Crippen molar-refractivity contribution in [1.29, 1.82) is 0 Å². The summed E-state index contributed by atoms with van der Waals surface area (Å²) in [5.74, 6) is 0.553. The Morgan fingerprint density at radius 2 is 2.40 bits per heavy atom. The number of nitrogens with zero attached hydrogens (tertiary/aromatic N) is 2. The van der Waals surface area contributed by atoms with Crippen molar-refractivity contribution in [3.05, 3.63) is 22.8 Å². The number of likely N-dealkylation sites (tertiary alicyclic amines) is 1. The lowest BCUT2D eigenvalue weighted by Gasteiger charge is -2.17. The highest BCUT2D eigenvalue weighted by molar-refractivity contribution is 6.33. The minimum absolute atomic E-state index is 0.110. The second-order valence-corrected chi connectivity index (χ2v) is 5.26. The number of ether oxygens (including phenoxy) is 1. The van der Waals surface area contributed by atoms with Gasteiger partial charge in [0.25, 0.3) is 5.91 Å². The number of rotatable bonds is 5. The number of hydrogen-bond acceptors (Lipinski definition) is 4. The summed E-state index contributed by atoms with van der Waals surface area (Å²) in [7, 11) is 1.67. The third kappa shape index (κ3) is 3.41. The van der Waals surface area contributed by atoms with E-state index in [2.05, 4.69) is 17.2 Å². The van der Waals surface area contributed by atoms with Crippen LogP contribution in [-0.2, 0) is 4.74 Å². The fourth-order valence-electron chi connectivity index (χ4n) is 2.20. The molecule has 1 aliphatic rings. The van der Waals surface area contributed by atoms with E-state index in [0.29, 0.717) is 29.6 Å². The van der Waals surface area contributed by atoms with Gasteiger partial charge in [-0.3, -0.25) is 4.79 Å². The lowest BCUT2D eigenvalue weighted by molar-refractivity contribution is 0.0719. The minimum Gasteiger partial charge on any atom is -0.380 e. The zero-order valence-electron chi connectivity index (χ0n) is 11.9. The van der Waals surface area contributed by atoms with Crippen LogP contribution in [0.3, 0.4) is 0 Å². The SMILES string of the molecule is CCCNc1ccc(Cl)c(C(=O)N2CCC(OC)C2)n1. The van der Waals surface area contributed by atoms with Gasteiger partial charge in [-0.15, -0.1) is 0 Å². The van der Waals surface area contributed by atoms with E-state index in [4.69, 9.17) is 16.3 Å². The van der Waals surface area contributed by atoms with Crippen LogP contribution in [0, 0.1) is 0 Å². The number of hydrogen-bond donors (Lipinski definition) is 1. The van der Waals surface area contributed by atoms with Crippen LogP contribution >= 0.6 is 11.6 Å². The molecule has 0 radical (unpaired) electrons. The molecule has 20 heavy (non-hydrogen) atoms. The van der Waals surface area contributed by atoms with Crippen molar-refractivity contribution in [2.24, 2.45) is 0 Å². The third-order valence-electron chi connectivity index (χ3n) is 3.37. The van der Waals surface area contributed by atoms with Gasteiger partial charge in [-0.2, -0.15) is 0 Å². The van der Waals surface area contributed by atoms with E-state index in [1.807, 2.05) is 0 Å². The number of amides is 1. The van der Waals surface area contributed by atoms with E-state index in [9.17, 15) is 4.79 Å². The Morgan fingerprint density at radius 3 is 3.05 bits per heavy atom. The van der Waals surface area contributed by atoms with E-state index >= 15 is 0 Å². The molecule has 1 atom stereocenters. The molecule has 1 saturated heterocycles. The molecule has 6 heteroatoms. The summed E-state index contributed by atoms with van der Waals surface area (Å²) >= 11 is 6.10. The van der Waals surface area contributed by atoms with Gasteiger partial charge >= 0.3 is 0 Å². The van der Waals surface area contributed by atoms with E-state index in [-0.39, 0.29) is 12.0 Å². The van der Waals surface area contributed by atoms with Gasteiger partial charge in [-0.25, -0.2) is 4.98 Å². The fourth-order valence-corrected chi connectivity index (χ4v) is 2.38. The van der Waals surface area contributed by atoms with Crippen LogP contribution in [0.1, 0.15) is 30.3 Å². The van der Waals surface area contributed by atoms with Crippen molar-refractivity contribution in [3.8, 4) is 0 Å². The monoisotopic (exact) mass is 297 g/mol. The first-order valence-corrected chi connectivity index (χ1v) is 7.26. The highest BCUT2D eigenvalue weighted by atomic mass is 35.5. The van der Waals surface area contributed by atoms with Crippen LogP contribution in [0.4, 0.5) is 5.82 Å². The largest absolute Gasteiger partial charge is 0.380 e. The van der Waals surface area contributed by atoms with Gasteiger partial charge in [0.2, 0.25) is 0 Å². The molecule has 2 rings (SSSR count). The molecule has 1 aromatic heterocycles. The van der Waals surface area contributed by atoms with Crippen molar-refractivity contribution in [3.63, 3.8) is 0 Å². The van der Waals surface area contributed by atoms with Gasteiger partial charge in [0.15, 0.2) is 0 Å². The van der Waals surface area contributed by atoms with Gasteiger partial charge in [0, 0.05) is 26.7 Å². The first-order chi connectivity index (χ1) is 9.65. The summed E-state index contributed by atoms with van der Waals surface area (Å²) in [4.78, 5) is 18.5. The number of anilines is 1. The van der Waals surface area contributed by atoms with Gasteiger partial charge in [0.05, 0.1) is 11.1 Å². The maximum atomic E-state index is 12.5. The number of methoxy groups -OCH3 is 1. The van der Waals surface area contributed by atoms with Crippen LogP contribution in [0.25, 0.3) is 0 Å².